The highest BCUT2D eigenvalue weighted by Crippen LogP contribution is 2.33. The molecule has 4 rings (SSSR count). The molecule has 0 bridgehead atoms. The molecule has 0 radical (unpaired) electrons. The van der Waals surface area contributed by atoms with Gasteiger partial charge >= 0.3 is 0 Å². The summed E-state index contributed by atoms with van der Waals surface area (Å²) in [6.07, 6.45) is 4.47. The number of fused-ring (bicyclic) bond motifs is 1. The summed E-state index contributed by atoms with van der Waals surface area (Å²) >= 11 is 5.93. The normalized spacial score (nSPS) is 19.7. The van der Waals surface area contributed by atoms with E-state index in [9.17, 15) is 9.59 Å². The van der Waals surface area contributed by atoms with Gasteiger partial charge in [0.05, 0.1) is 11.3 Å². The molecule has 0 saturated heterocycles. The highest BCUT2D eigenvalue weighted by Gasteiger charge is 2.31. The molecule has 1 N–H and O–H groups in total. The van der Waals surface area contributed by atoms with E-state index >= 15 is 0 Å². The monoisotopic (exact) mass is 341 g/mol. The molecule has 122 valence electrons. The van der Waals surface area contributed by atoms with Crippen LogP contribution in [-0.4, -0.2) is 21.7 Å². The largest absolute Gasteiger partial charge is 0.294 e. The molecule has 0 aliphatic heterocycles. The lowest BCUT2D eigenvalue weighted by Gasteiger charge is -2.23. The van der Waals surface area contributed by atoms with Crippen LogP contribution in [-0.2, 0) is 11.2 Å². The van der Waals surface area contributed by atoms with E-state index in [1.807, 2.05) is 24.3 Å². The predicted molar refractivity (Wildman–Crippen MR) is 90.2 cm³/mol. The van der Waals surface area contributed by atoms with E-state index in [2.05, 4.69) is 15.3 Å². The molecule has 1 aromatic heterocycles. The minimum atomic E-state index is -0.0358. The predicted octanol–water partition coefficient (Wildman–Crippen LogP) is 3.39. The van der Waals surface area contributed by atoms with E-state index in [1.165, 1.54) is 6.20 Å². The Kier molecular flexibility index (Phi) is 3.81. The third-order valence-electron chi connectivity index (χ3n) is 4.56. The van der Waals surface area contributed by atoms with E-state index in [-0.39, 0.29) is 29.5 Å². The number of hydrogen-bond donors (Lipinski definition) is 1. The topological polar surface area (TPSA) is 72.0 Å². The summed E-state index contributed by atoms with van der Waals surface area (Å²) in [5.41, 5.74) is 2.33. The molecule has 0 unspecified atom stereocenters. The lowest BCUT2D eigenvalue weighted by atomic mass is 9.82. The number of halogens is 1. The van der Waals surface area contributed by atoms with Crippen molar-refractivity contribution >= 4 is 29.2 Å². The van der Waals surface area contributed by atoms with Crippen molar-refractivity contribution in [2.45, 2.75) is 31.6 Å². The molecule has 1 aromatic carbocycles. The maximum absolute atomic E-state index is 12.4. The van der Waals surface area contributed by atoms with Gasteiger partial charge in [-0.1, -0.05) is 23.7 Å². The van der Waals surface area contributed by atoms with Crippen LogP contribution in [0.4, 0.5) is 5.95 Å². The van der Waals surface area contributed by atoms with Crippen molar-refractivity contribution in [3.05, 3.63) is 52.3 Å². The number of nitrogens with zero attached hydrogens (tertiary/aromatic N) is 2. The zero-order valence-corrected chi connectivity index (χ0v) is 13.7. The molecule has 1 fully saturated rings. The zero-order chi connectivity index (χ0) is 16.7. The number of aromatic nitrogens is 2. The third kappa shape index (κ3) is 3.04. The van der Waals surface area contributed by atoms with Gasteiger partial charge in [-0.05, 0) is 42.9 Å². The van der Waals surface area contributed by atoms with Crippen molar-refractivity contribution in [1.29, 1.82) is 0 Å². The van der Waals surface area contributed by atoms with Crippen molar-refractivity contribution in [2.24, 2.45) is 5.92 Å². The smallest absolute Gasteiger partial charge is 0.229 e. The third-order valence-corrected chi connectivity index (χ3v) is 4.82. The van der Waals surface area contributed by atoms with Gasteiger partial charge in [0.1, 0.15) is 0 Å². The van der Waals surface area contributed by atoms with Crippen LogP contribution in [0.15, 0.2) is 30.5 Å². The Morgan fingerprint density at radius 1 is 1.17 bits per heavy atom. The Balaban J connectivity index is 1.58. The van der Waals surface area contributed by atoms with Gasteiger partial charge in [-0.2, -0.15) is 0 Å². The summed E-state index contributed by atoms with van der Waals surface area (Å²) in [6, 6.07) is 7.56. The molecule has 1 saturated carbocycles. The molecule has 6 heteroatoms. The van der Waals surface area contributed by atoms with Crippen LogP contribution >= 0.6 is 11.6 Å². The summed E-state index contributed by atoms with van der Waals surface area (Å²) in [6.45, 7) is 0. The van der Waals surface area contributed by atoms with Gasteiger partial charge in [0.15, 0.2) is 5.78 Å². The first-order valence-electron chi connectivity index (χ1n) is 8.05. The molecule has 2 aliphatic rings. The summed E-state index contributed by atoms with van der Waals surface area (Å²) in [5.74, 6) is 0.454. The molecular weight excluding hydrogens is 326 g/mol. The van der Waals surface area contributed by atoms with Crippen molar-refractivity contribution in [3.63, 3.8) is 0 Å². The molecule has 2 aromatic rings. The fourth-order valence-corrected chi connectivity index (χ4v) is 3.16. The number of anilines is 1. The molecule has 1 atom stereocenters. The number of carbonyl (C=O) groups excluding carboxylic acids is 2. The summed E-state index contributed by atoms with van der Waals surface area (Å²) in [5, 5.41) is 3.42. The Morgan fingerprint density at radius 2 is 1.92 bits per heavy atom. The molecule has 0 spiro atoms. The number of carbonyl (C=O) groups is 2. The summed E-state index contributed by atoms with van der Waals surface area (Å²) in [7, 11) is 0. The van der Waals surface area contributed by atoms with E-state index < -0.39 is 0 Å². The first kappa shape index (κ1) is 15.3. The minimum absolute atomic E-state index is 0.0358. The number of ketones is 1. The van der Waals surface area contributed by atoms with Crippen molar-refractivity contribution in [1.82, 2.24) is 9.97 Å². The van der Waals surface area contributed by atoms with Crippen molar-refractivity contribution in [3.8, 4) is 0 Å². The van der Waals surface area contributed by atoms with Gasteiger partial charge in [-0.25, -0.2) is 9.97 Å². The standard InChI is InChI=1S/C18H16ClN3O2/c19-13-5-3-10(4-6-13)12-7-15-14(16(23)8-12)9-20-18(21-15)22-17(24)11-1-2-11/h3-6,9,11-12H,1-2,7-8H2,(H,20,21,22,24)/t12-/m0/s1. The first-order valence-corrected chi connectivity index (χ1v) is 8.43. The van der Waals surface area contributed by atoms with Crippen LogP contribution in [0.2, 0.25) is 5.02 Å². The van der Waals surface area contributed by atoms with Crippen LogP contribution < -0.4 is 5.32 Å². The number of amides is 1. The van der Waals surface area contributed by atoms with Crippen LogP contribution in [0.3, 0.4) is 0 Å². The number of Topliss-reactive ketones (excluding diaryl/α,β-unsaturated/α-hetero) is 1. The maximum atomic E-state index is 12.4. The lowest BCUT2D eigenvalue weighted by Crippen LogP contribution is -2.22. The quantitative estimate of drug-likeness (QED) is 0.928. The van der Waals surface area contributed by atoms with Gasteiger partial charge in [0.25, 0.3) is 0 Å². The number of nitrogens with one attached hydrogen (secondary N) is 1. The summed E-state index contributed by atoms with van der Waals surface area (Å²) < 4.78 is 0. The fourth-order valence-electron chi connectivity index (χ4n) is 3.03. The second-order valence-electron chi connectivity index (χ2n) is 6.40. The average molecular weight is 342 g/mol. The second-order valence-corrected chi connectivity index (χ2v) is 6.83. The fraction of sp³-hybridized carbons (Fsp3) is 0.333. The van der Waals surface area contributed by atoms with Gasteiger partial charge in [0, 0.05) is 23.6 Å². The van der Waals surface area contributed by atoms with Gasteiger partial charge in [0.2, 0.25) is 11.9 Å². The second kappa shape index (κ2) is 5.98. The molecule has 2 aliphatic carbocycles. The highest BCUT2D eigenvalue weighted by molar-refractivity contribution is 6.30. The first-order chi connectivity index (χ1) is 11.6. The van der Waals surface area contributed by atoms with E-state index in [0.717, 1.165) is 18.4 Å². The molecule has 24 heavy (non-hydrogen) atoms. The molecule has 5 nitrogen and oxygen atoms in total. The Hall–Kier alpha value is -2.27. The Labute approximate surface area is 144 Å². The summed E-state index contributed by atoms with van der Waals surface area (Å²) in [4.78, 5) is 32.8. The maximum Gasteiger partial charge on any atom is 0.229 e. The van der Waals surface area contributed by atoms with E-state index in [1.54, 1.807) is 0 Å². The Bertz CT molecular complexity index is 816. The number of benzene rings is 1. The number of hydrogen-bond acceptors (Lipinski definition) is 4. The van der Waals surface area contributed by atoms with Crippen LogP contribution in [0.25, 0.3) is 0 Å². The Morgan fingerprint density at radius 3 is 2.62 bits per heavy atom. The minimum Gasteiger partial charge on any atom is -0.294 e. The van der Waals surface area contributed by atoms with Crippen molar-refractivity contribution < 1.29 is 9.59 Å². The van der Waals surface area contributed by atoms with E-state index in [0.29, 0.717) is 29.1 Å². The zero-order valence-electron chi connectivity index (χ0n) is 13.0. The van der Waals surface area contributed by atoms with Crippen LogP contribution in [0, 0.1) is 5.92 Å². The van der Waals surface area contributed by atoms with E-state index in [4.69, 9.17) is 11.6 Å². The van der Waals surface area contributed by atoms with Crippen molar-refractivity contribution in [2.75, 3.05) is 5.32 Å². The molecular formula is C18H16ClN3O2. The van der Waals surface area contributed by atoms with Crippen LogP contribution in [0.5, 0.6) is 0 Å². The number of rotatable bonds is 3. The molecule has 1 amide bonds. The molecule has 1 heterocycles. The van der Waals surface area contributed by atoms with Gasteiger partial charge in [-0.15, -0.1) is 0 Å². The van der Waals surface area contributed by atoms with Gasteiger partial charge in [-0.3, -0.25) is 14.9 Å². The lowest BCUT2D eigenvalue weighted by molar-refractivity contribution is -0.117. The SMILES string of the molecule is O=C1C[C@@H](c2ccc(Cl)cc2)Cc2nc(NC(=O)C3CC3)ncc21. The average Bonchev–Trinajstić information content (AvgIpc) is 3.40. The highest BCUT2D eigenvalue weighted by atomic mass is 35.5. The van der Waals surface area contributed by atoms with Crippen LogP contribution in [0.1, 0.15) is 46.8 Å². The van der Waals surface area contributed by atoms with Gasteiger partial charge < -0.3 is 0 Å².